The van der Waals surface area contributed by atoms with E-state index in [4.69, 9.17) is 16.6 Å². The van der Waals surface area contributed by atoms with Crippen LogP contribution in [0.3, 0.4) is 0 Å². The molecule has 2 aliphatic rings. The number of carboxylic acid groups (broad SMARTS) is 1. The SMILES string of the molecule is NC(=O)C(C1CC1)C(C1CC1)[C@H](N)C(=O)O. The third kappa shape index (κ3) is 2.19. The van der Waals surface area contributed by atoms with Crippen LogP contribution in [-0.2, 0) is 9.59 Å². The Hall–Kier alpha value is -1.10. The molecule has 5 nitrogen and oxygen atoms in total. The van der Waals surface area contributed by atoms with Gasteiger partial charge in [-0.1, -0.05) is 0 Å². The Kier molecular flexibility index (Phi) is 2.88. The van der Waals surface area contributed by atoms with Crippen LogP contribution in [0, 0.1) is 23.7 Å². The lowest BCUT2D eigenvalue weighted by molar-refractivity contribution is -0.141. The lowest BCUT2D eigenvalue weighted by Gasteiger charge is -2.27. The summed E-state index contributed by atoms with van der Waals surface area (Å²) in [5, 5.41) is 8.98. The molecular formula is C11H18N2O3. The summed E-state index contributed by atoms with van der Waals surface area (Å²) in [5.41, 5.74) is 11.1. The lowest BCUT2D eigenvalue weighted by Crippen LogP contribution is -2.47. The van der Waals surface area contributed by atoms with Gasteiger partial charge in [-0.2, -0.15) is 0 Å². The highest BCUT2D eigenvalue weighted by Crippen LogP contribution is 2.49. The quantitative estimate of drug-likeness (QED) is 0.589. The summed E-state index contributed by atoms with van der Waals surface area (Å²) in [6.07, 6.45) is 3.90. The molecule has 5 heteroatoms. The van der Waals surface area contributed by atoms with Crippen molar-refractivity contribution >= 4 is 11.9 Å². The summed E-state index contributed by atoms with van der Waals surface area (Å²) >= 11 is 0. The number of hydrogen-bond donors (Lipinski definition) is 3. The molecule has 0 aliphatic heterocycles. The molecule has 0 aromatic carbocycles. The highest BCUT2D eigenvalue weighted by molar-refractivity contribution is 5.80. The molecule has 0 saturated heterocycles. The number of aliphatic carboxylic acids is 1. The second kappa shape index (κ2) is 4.05. The van der Waals surface area contributed by atoms with Gasteiger partial charge in [0.15, 0.2) is 0 Å². The standard InChI is InChI=1S/C11H18N2O3/c12-9(11(15)16)7(5-1-2-5)8(10(13)14)6-3-4-6/h5-9H,1-4,12H2,(H2,13,14)(H,15,16)/t7?,8?,9-/m0/s1. The van der Waals surface area contributed by atoms with Gasteiger partial charge in [0.2, 0.25) is 5.91 Å². The first-order valence-electron chi connectivity index (χ1n) is 5.80. The minimum atomic E-state index is -1.02. The van der Waals surface area contributed by atoms with Gasteiger partial charge in [-0.15, -0.1) is 0 Å². The summed E-state index contributed by atoms with van der Waals surface area (Å²) in [7, 11) is 0. The molecule has 0 aromatic heterocycles. The average molecular weight is 226 g/mol. The van der Waals surface area contributed by atoms with Gasteiger partial charge in [0, 0.05) is 5.92 Å². The molecule has 0 bridgehead atoms. The smallest absolute Gasteiger partial charge is 0.320 e. The van der Waals surface area contributed by atoms with E-state index in [2.05, 4.69) is 0 Å². The molecule has 0 aromatic rings. The van der Waals surface area contributed by atoms with E-state index in [0.717, 1.165) is 25.7 Å². The Morgan fingerprint density at radius 2 is 1.62 bits per heavy atom. The fourth-order valence-corrected chi connectivity index (χ4v) is 2.65. The molecule has 2 saturated carbocycles. The molecule has 2 unspecified atom stereocenters. The molecular weight excluding hydrogens is 208 g/mol. The van der Waals surface area contributed by atoms with E-state index < -0.39 is 12.0 Å². The van der Waals surface area contributed by atoms with Crippen molar-refractivity contribution in [3.8, 4) is 0 Å². The van der Waals surface area contributed by atoms with Gasteiger partial charge in [-0.3, -0.25) is 9.59 Å². The summed E-state index contributed by atoms with van der Waals surface area (Å²) in [4.78, 5) is 22.4. The number of rotatable bonds is 6. The van der Waals surface area contributed by atoms with Crippen molar-refractivity contribution < 1.29 is 14.7 Å². The van der Waals surface area contributed by atoms with Crippen molar-refractivity contribution in [2.24, 2.45) is 35.1 Å². The highest BCUT2D eigenvalue weighted by atomic mass is 16.4. The van der Waals surface area contributed by atoms with Gasteiger partial charge in [0.1, 0.15) is 6.04 Å². The predicted octanol–water partition coefficient (Wildman–Crippen LogP) is -0.0640. The van der Waals surface area contributed by atoms with E-state index in [1.807, 2.05) is 0 Å². The summed E-state index contributed by atoms with van der Waals surface area (Å²) in [6, 6.07) is -0.953. The average Bonchev–Trinajstić information content (AvgIpc) is 3.00. The number of carboxylic acids is 1. The fraction of sp³-hybridized carbons (Fsp3) is 0.818. The lowest BCUT2D eigenvalue weighted by atomic mass is 9.79. The van der Waals surface area contributed by atoms with Crippen LogP contribution in [0.5, 0.6) is 0 Å². The first kappa shape index (κ1) is 11.4. The van der Waals surface area contributed by atoms with Crippen LogP contribution in [0.25, 0.3) is 0 Å². The number of carbonyl (C=O) groups excluding carboxylic acids is 1. The maximum atomic E-state index is 11.5. The molecule has 90 valence electrons. The highest BCUT2D eigenvalue weighted by Gasteiger charge is 2.50. The Balaban J connectivity index is 2.15. The van der Waals surface area contributed by atoms with Crippen LogP contribution in [-0.4, -0.2) is 23.0 Å². The maximum absolute atomic E-state index is 11.5. The van der Waals surface area contributed by atoms with Crippen LogP contribution in [0.4, 0.5) is 0 Å². The molecule has 0 heterocycles. The zero-order chi connectivity index (χ0) is 11.9. The van der Waals surface area contributed by atoms with Gasteiger partial charge in [0.25, 0.3) is 0 Å². The molecule has 3 atom stereocenters. The first-order valence-corrected chi connectivity index (χ1v) is 5.80. The number of amides is 1. The molecule has 1 amide bonds. The Morgan fingerprint density at radius 1 is 1.12 bits per heavy atom. The largest absolute Gasteiger partial charge is 0.480 e. The van der Waals surface area contributed by atoms with E-state index in [1.54, 1.807) is 0 Å². The van der Waals surface area contributed by atoms with Gasteiger partial charge < -0.3 is 16.6 Å². The van der Waals surface area contributed by atoms with Crippen molar-refractivity contribution in [3.05, 3.63) is 0 Å². The number of hydrogen-bond acceptors (Lipinski definition) is 3. The van der Waals surface area contributed by atoms with E-state index in [9.17, 15) is 9.59 Å². The van der Waals surface area contributed by atoms with Gasteiger partial charge in [-0.05, 0) is 43.4 Å². The van der Waals surface area contributed by atoms with Crippen LogP contribution < -0.4 is 11.5 Å². The van der Waals surface area contributed by atoms with Gasteiger partial charge >= 0.3 is 5.97 Å². The Labute approximate surface area is 94.2 Å². The van der Waals surface area contributed by atoms with Crippen molar-refractivity contribution in [2.45, 2.75) is 31.7 Å². The van der Waals surface area contributed by atoms with Crippen LogP contribution in [0.2, 0.25) is 0 Å². The number of primary amides is 1. The first-order chi connectivity index (χ1) is 7.52. The molecule has 16 heavy (non-hydrogen) atoms. The zero-order valence-corrected chi connectivity index (χ0v) is 9.13. The zero-order valence-electron chi connectivity index (χ0n) is 9.13. The van der Waals surface area contributed by atoms with Gasteiger partial charge in [-0.25, -0.2) is 0 Å². The molecule has 0 radical (unpaired) electrons. The molecule has 0 spiro atoms. The summed E-state index contributed by atoms with van der Waals surface area (Å²) in [5.74, 6) is -1.45. The molecule has 2 rings (SSSR count). The van der Waals surface area contributed by atoms with E-state index in [0.29, 0.717) is 0 Å². The second-order valence-corrected chi connectivity index (χ2v) is 5.04. The van der Waals surface area contributed by atoms with Crippen molar-refractivity contribution in [2.75, 3.05) is 0 Å². The van der Waals surface area contributed by atoms with Crippen molar-refractivity contribution in [3.63, 3.8) is 0 Å². The second-order valence-electron chi connectivity index (χ2n) is 5.04. The van der Waals surface area contributed by atoms with E-state index >= 15 is 0 Å². The monoisotopic (exact) mass is 226 g/mol. The van der Waals surface area contributed by atoms with Crippen molar-refractivity contribution in [1.82, 2.24) is 0 Å². The van der Waals surface area contributed by atoms with Crippen LogP contribution in [0.1, 0.15) is 25.7 Å². The van der Waals surface area contributed by atoms with E-state index in [-0.39, 0.29) is 29.6 Å². The molecule has 2 fully saturated rings. The van der Waals surface area contributed by atoms with Crippen LogP contribution >= 0.6 is 0 Å². The van der Waals surface area contributed by atoms with Crippen LogP contribution in [0.15, 0.2) is 0 Å². The number of nitrogens with two attached hydrogens (primary N) is 2. The Morgan fingerprint density at radius 3 is 1.94 bits per heavy atom. The van der Waals surface area contributed by atoms with E-state index in [1.165, 1.54) is 0 Å². The molecule has 2 aliphatic carbocycles. The molecule has 5 N–H and O–H groups in total. The fourth-order valence-electron chi connectivity index (χ4n) is 2.65. The normalized spacial score (nSPS) is 25.8. The van der Waals surface area contributed by atoms with Gasteiger partial charge in [0.05, 0.1) is 0 Å². The number of carbonyl (C=O) groups is 2. The third-order valence-corrected chi connectivity index (χ3v) is 3.74. The Bertz CT molecular complexity index is 310. The topological polar surface area (TPSA) is 106 Å². The predicted molar refractivity (Wildman–Crippen MR) is 57.2 cm³/mol. The maximum Gasteiger partial charge on any atom is 0.320 e. The summed E-state index contributed by atoms with van der Waals surface area (Å²) in [6.45, 7) is 0. The summed E-state index contributed by atoms with van der Waals surface area (Å²) < 4.78 is 0. The minimum absolute atomic E-state index is 0.262. The minimum Gasteiger partial charge on any atom is -0.480 e. The third-order valence-electron chi connectivity index (χ3n) is 3.74. The van der Waals surface area contributed by atoms with Crippen molar-refractivity contribution in [1.29, 1.82) is 0 Å².